The summed E-state index contributed by atoms with van der Waals surface area (Å²) in [6, 6.07) is 10.6. The normalized spacial score (nSPS) is 16.3. The summed E-state index contributed by atoms with van der Waals surface area (Å²) in [7, 11) is 0. The van der Waals surface area contributed by atoms with Gasteiger partial charge in [0.1, 0.15) is 6.04 Å². The van der Waals surface area contributed by atoms with Gasteiger partial charge in [0, 0.05) is 37.6 Å². The van der Waals surface area contributed by atoms with Crippen LogP contribution in [0.3, 0.4) is 0 Å². The second kappa shape index (κ2) is 8.32. The lowest BCUT2D eigenvalue weighted by Gasteiger charge is -2.35. The van der Waals surface area contributed by atoms with Crippen LogP contribution >= 0.6 is 11.3 Å². The third-order valence-electron chi connectivity index (χ3n) is 5.32. The lowest BCUT2D eigenvalue weighted by atomic mass is 10.1. The third kappa shape index (κ3) is 4.05. The molecule has 28 heavy (non-hydrogen) atoms. The fourth-order valence-corrected chi connectivity index (χ4v) is 4.19. The first kappa shape index (κ1) is 19.0. The molecular formula is C21H27N5OS. The molecule has 148 valence electrons. The van der Waals surface area contributed by atoms with E-state index in [4.69, 9.17) is 4.52 Å². The van der Waals surface area contributed by atoms with Crippen molar-refractivity contribution in [3.05, 3.63) is 47.2 Å². The highest BCUT2D eigenvalue weighted by molar-refractivity contribution is 7.13. The smallest absolute Gasteiger partial charge is 0.249 e. The Balaban J connectivity index is 1.42. The zero-order valence-electron chi connectivity index (χ0n) is 16.7. The Morgan fingerprint density at radius 3 is 2.71 bits per heavy atom. The van der Waals surface area contributed by atoms with E-state index in [1.807, 2.05) is 24.4 Å². The van der Waals surface area contributed by atoms with Gasteiger partial charge in [0.15, 0.2) is 0 Å². The maximum Gasteiger partial charge on any atom is 0.249 e. The maximum absolute atomic E-state index is 5.47. The van der Waals surface area contributed by atoms with Gasteiger partial charge in [-0.15, -0.1) is 11.3 Å². The zero-order chi connectivity index (χ0) is 19.5. The Morgan fingerprint density at radius 2 is 2.04 bits per heavy atom. The minimum Gasteiger partial charge on any atom is -0.374 e. The highest BCUT2D eigenvalue weighted by Gasteiger charge is 2.18. The summed E-state index contributed by atoms with van der Waals surface area (Å²) in [5.41, 5.74) is 3.61. The van der Waals surface area contributed by atoms with E-state index in [0.29, 0.717) is 11.7 Å². The number of benzene rings is 1. The van der Waals surface area contributed by atoms with E-state index in [9.17, 15) is 0 Å². The number of aromatic nitrogens is 2. The molecule has 0 aliphatic carbocycles. The van der Waals surface area contributed by atoms with Crippen molar-refractivity contribution in [1.82, 2.24) is 15.0 Å². The number of rotatable bonds is 6. The van der Waals surface area contributed by atoms with Crippen molar-refractivity contribution in [2.75, 3.05) is 42.9 Å². The largest absolute Gasteiger partial charge is 0.374 e. The molecule has 4 rings (SSSR count). The summed E-state index contributed by atoms with van der Waals surface area (Å²) in [5, 5.41) is 9.63. The van der Waals surface area contributed by atoms with Gasteiger partial charge in [-0.2, -0.15) is 4.98 Å². The number of thiophene rings is 1. The van der Waals surface area contributed by atoms with E-state index in [0.717, 1.165) is 43.3 Å². The maximum atomic E-state index is 5.47. The number of likely N-dealkylation sites (N-methyl/N-ethyl adjacent to an activating group) is 1. The van der Waals surface area contributed by atoms with Crippen molar-refractivity contribution in [1.29, 1.82) is 0 Å². The average Bonchev–Trinajstić information content (AvgIpc) is 3.41. The van der Waals surface area contributed by atoms with Crippen LogP contribution in [-0.2, 0) is 0 Å². The van der Waals surface area contributed by atoms with Gasteiger partial charge in [0.05, 0.1) is 4.88 Å². The van der Waals surface area contributed by atoms with Gasteiger partial charge in [0.2, 0.25) is 11.7 Å². The number of hydrogen-bond donors (Lipinski definition) is 1. The molecule has 1 aromatic carbocycles. The van der Waals surface area contributed by atoms with Gasteiger partial charge in [-0.3, -0.25) is 0 Å². The predicted molar refractivity (Wildman–Crippen MR) is 115 cm³/mol. The minimum atomic E-state index is -0.0566. The summed E-state index contributed by atoms with van der Waals surface area (Å²) in [4.78, 5) is 10.5. The van der Waals surface area contributed by atoms with E-state index in [1.54, 1.807) is 11.3 Å². The molecule has 0 amide bonds. The van der Waals surface area contributed by atoms with Gasteiger partial charge in [0.25, 0.3) is 0 Å². The SMILES string of the molecule is CCN1CCN(c2ccc(NC(C)c3nc(-c4cccs4)no3)c(C)c2)CC1. The van der Waals surface area contributed by atoms with Crippen LogP contribution < -0.4 is 10.2 Å². The molecule has 6 nitrogen and oxygen atoms in total. The van der Waals surface area contributed by atoms with E-state index in [2.05, 4.69) is 57.3 Å². The molecular weight excluding hydrogens is 370 g/mol. The van der Waals surface area contributed by atoms with Gasteiger partial charge < -0.3 is 19.6 Å². The van der Waals surface area contributed by atoms with Crippen molar-refractivity contribution in [2.24, 2.45) is 0 Å². The number of anilines is 2. The standard InChI is InChI=1S/C21H27N5OS/c1-4-25-9-11-26(12-10-25)17-7-8-18(15(2)14-17)22-16(3)21-23-20(24-27-21)19-6-5-13-28-19/h5-8,13-14,16,22H,4,9-12H2,1-3H3. The van der Waals surface area contributed by atoms with Gasteiger partial charge in [-0.1, -0.05) is 18.1 Å². The molecule has 3 heterocycles. The van der Waals surface area contributed by atoms with Crippen LogP contribution in [0.25, 0.3) is 10.7 Å². The number of piperazine rings is 1. The van der Waals surface area contributed by atoms with Crippen LogP contribution in [0.15, 0.2) is 40.2 Å². The molecule has 1 unspecified atom stereocenters. The first-order chi connectivity index (χ1) is 13.6. The van der Waals surface area contributed by atoms with E-state index in [-0.39, 0.29) is 6.04 Å². The van der Waals surface area contributed by atoms with Crippen LogP contribution in [0.4, 0.5) is 11.4 Å². The van der Waals surface area contributed by atoms with Crippen molar-refractivity contribution >= 4 is 22.7 Å². The molecule has 1 aliphatic rings. The van der Waals surface area contributed by atoms with Crippen molar-refractivity contribution in [2.45, 2.75) is 26.8 Å². The van der Waals surface area contributed by atoms with Crippen LogP contribution in [-0.4, -0.2) is 47.8 Å². The lowest BCUT2D eigenvalue weighted by Crippen LogP contribution is -2.46. The van der Waals surface area contributed by atoms with E-state index in [1.165, 1.54) is 11.3 Å². The third-order valence-corrected chi connectivity index (χ3v) is 6.19. The summed E-state index contributed by atoms with van der Waals surface area (Å²) in [6.07, 6.45) is 0. The highest BCUT2D eigenvalue weighted by atomic mass is 32.1. The Morgan fingerprint density at radius 1 is 1.21 bits per heavy atom. The van der Waals surface area contributed by atoms with Crippen LogP contribution in [0, 0.1) is 6.92 Å². The van der Waals surface area contributed by atoms with Crippen molar-refractivity contribution in [3.63, 3.8) is 0 Å². The number of nitrogens with zero attached hydrogens (tertiary/aromatic N) is 4. The average molecular weight is 398 g/mol. The topological polar surface area (TPSA) is 57.4 Å². The van der Waals surface area contributed by atoms with Crippen LogP contribution in [0.2, 0.25) is 0 Å². The molecule has 1 atom stereocenters. The fourth-order valence-electron chi connectivity index (χ4n) is 3.54. The van der Waals surface area contributed by atoms with Crippen molar-refractivity contribution < 1.29 is 4.52 Å². The summed E-state index contributed by atoms with van der Waals surface area (Å²) < 4.78 is 5.47. The summed E-state index contributed by atoms with van der Waals surface area (Å²) in [6.45, 7) is 12.0. The quantitative estimate of drug-likeness (QED) is 0.664. The fraction of sp³-hybridized carbons (Fsp3) is 0.429. The first-order valence-electron chi connectivity index (χ1n) is 9.86. The van der Waals surface area contributed by atoms with Gasteiger partial charge in [-0.25, -0.2) is 0 Å². The van der Waals surface area contributed by atoms with Crippen molar-refractivity contribution in [3.8, 4) is 10.7 Å². The lowest BCUT2D eigenvalue weighted by molar-refractivity contribution is 0.271. The number of aryl methyl sites for hydroxylation is 1. The van der Waals surface area contributed by atoms with E-state index < -0.39 is 0 Å². The monoisotopic (exact) mass is 397 g/mol. The second-order valence-corrected chi connectivity index (χ2v) is 8.17. The van der Waals surface area contributed by atoms with Gasteiger partial charge in [-0.05, 0) is 55.6 Å². The molecule has 3 aromatic rings. The molecule has 1 N–H and O–H groups in total. The van der Waals surface area contributed by atoms with Crippen LogP contribution in [0.5, 0.6) is 0 Å². The number of nitrogens with one attached hydrogen (secondary N) is 1. The zero-order valence-corrected chi connectivity index (χ0v) is 17.5. The first-order valence-corrected chi connectivity index (χ1v) is 10.7. The Kier molecular flexibility index (Phi) is 5.64. The number of hydrogen-bond acceptors (Lipinski definition) is 7. The molecule has 0 radical (unpaired) electrons. The second-order valence-electron chi connectivity index (χ2n) is 7.22. The van der Waals surface area contributed by atoms with Crippen LogP contribution in [0.1, 0.15) is 31.3 Å². The van der Waals surface area contributed by atoms with Gasteiger partial charge >= 0.3 is 0 Å². The minimum absolute atomic E-state index is 0.0566. The molecule has 1 fully saturated rings. The molecule has 0 saturated carbocycles. The molecule has 0 bridgehead atoms. The Labute approximate surface area is 170 Å². The summed E-state index contributed by atoms with van der Waals surface area (Å²) in [5.74, 6) is 1.25. The Bertz CT molecular complexity index is 899. The molecule has 1 saturated heterocycles. The predicted octanol–water partition coefficient (Wildman–Crippen LogP) is 4.42. The van der Waals surface area contributed by atoms with E-state index >= 15 is 0 Å². The summed E-state index contributed by atoms with van der Waals surface area (Å²) >= 11 is 1.61. The molecule has 0 spiro atoms. The Hall–Kier alpha value is -2.38. The molecule has 2 aromatic heterocycles. The molecule has 1 aliphatic heterocycles. The molecule has 7 heteroatoms. The highest BCUT2D eigenvalue weighted by Crippen LogP contribution is 2.28.